The van der Waals surface area contributed by atoms with E-state index in [1.54, 1.807) is 0 Å². The predicted molar refractivity (Wildman–Crippen MR) is 65.9 cm³/mol. The minimum Gasteiger partial charge on any atom is -0.352 e. The van der Waals surface area contributed by atoms with Crippen molar-refractivity contribution in [1.29, 1.82) is 0 Å². The highest BCUT2D eigenvalue weighted by Gasteiger charge is 2.11. The Morgan fingerprint density at radius 1 is 1.47 bits per heavy atom. The normalized spacial score (nSPS) is 19.6. The largest absolute Gasteiger partial charge is 0.352 e. The number of nitrogens with zero attached hydrogens (tertiary/aromatic N) is 1. The molecular formula is C11H14BrN3. The van der Waals surface area contributed by atoms with Crippen LogP contribution in [0.5, 0.6) is 0 Å². The van der Waals surface area contributed by atoms with Gasteiger partial charge in [-0.15, -0.1) is 0 Å². The molecule has 0 aromatic heterocycles. The lowest BCUT2D eigenvalue weighted by molar-refractivity contribution is 0.713. The first-order chi connectivity index (χ1) is 7.24. The smallest absolute Gasteiger partial charge is 0.191 e. The van der Waals surface area contributed by atoms with E-state index in [4.69, 9.17) is 0 Å². The van der Waals surface area contributed by atoms with Crippen LogP contribution in [0.4, 0.5) is 0 Å². The minimum absolute atomic E-state index is 0.456. The van der Waals surface area contributed by atoms with Crippen molar-refractivity contribution in [2.45, 2.75) is 19.5 Å². The third kappa shape index (κ3) is 2.96. The van der Waals surface area contributed by atoms with Crippen molar-refractivity contribution in [1.82, 2.24) is 10.6 Å². The molecule has 1 unspecified atom stereocenters. The van der Waals surface area contributed by atoms with E-state index >= 15 is 0 Å². The predicted octanol–water partition coefficient (Wildman–Crippen LogP) is 1.89. The Bertz CT molecular complexity index is 359. The van der Waals surface area contributed by atoms with E-state index in [0.717, 1.165) is 23.5 Å². The van der Waals surface area contributed by atoms with Gasteiger partial charge in [0.05, 0.1) is 6.54 Å². The molecule has 1 aromatic rings. The summed E-state index contributed by atoms with van der Waals surface area (Å²) in [6.07, 6.45) is 0. The van der Waals surface area contributed by atoms with Crippen molar-refractivity contribution < 1.29 is 0 Å². The van der Waals surface area contributed by atoms with E-state index in [2.05, 4.69) is 50.6 Å². The van der Waals surface area contributed by atoms with Crippen molar-refractivity contribution in [3.63, 3.8) is 0 Å². The fourth-order valence-corrected chi connectivity index (χ4v) is 1.71. The average Bonchev–Trinajstić information content (AvgIpc) is 2.64. The van der Waals surface area contributed by atoms with Gasteiger partial charge in [-0.3, -0.25) is 4.99 Å². The zero-order valence-electron chi connectivity index (χ0n) is 8.63. The summed E-state index contributed by atoms with van der Waals surface area (Å²) < 4.78 is 1.11. The van der Waals surface area contributed by atoms with Crippen LogP contribution in [0.1, 0.15) is 12.5 Å². The van der Waals surface area contributed by atoms with Crippen molar-refractivity contribution in [2.24, 2.45) is 4.99 Å². The van der Waals surface area contributed by atoms with E-state index in [1.165, 1.54) is 5.56 Å². The third-order valence-corrected chi connectivity index (χ3v) is 2.81. The van der Waals surface area contributed by atoms with E-state index in [0.29, 0.717) is 6.04 Å². The number of halogens is 1. The molecule has 0 spiro atoms. The van der Waals surface area contributed by atoms with Gasteiger partial charge in [-0.1, -0.05) is 28.1 Å². The summed E-state index contributed by atoms with van der Waals surface area (Å²) in [5, 5.41) is 6.54. The minimum atomic E-state index is 0.456. The van der Waals surface area contributed by atoms with Crippen LogP contribution in [0.3, 0.4) is 0 Å². The molecule has 2 rings (SSSR count). The fourth-order valence-electron chi connectivity index (χ4n) is 1.45. The van der Waals surface area contributed by atoms with Gasteiger partial charge in [0.25, 0.3) is 0 Å². The lowest BCUT2D eigenvalue weighted by Gasteiger charge is -2.08. The Kier molecular flexibility index (Phi) is 3.26. The lowest BCUT2D eigenvalue weighted by atomic mass is 10.2. The van der Waals surface area contributed by atoms with Gasteiger partial charge in [0, 0.05) is 17.1 Å². The number of hydrogen-bond acceptors (Lipinski definition) is 3. The molecule has 0 saturated carbocycles. The van der Waals surface area contributed by atoms with Gasteiger partial charge < -0.3 is 10.6 Å². The van der Waals surface area contributed by atoms with Crippen molar-refractivity contribution in [2.75, 3.05) is 6.54 Å². The quantitative estimate of drug-likeness (QED) is 0.859. The molecular weight excluding hydrogens is 254 g/mol. The highest BCUT2D eigenvalue weighted by atomic mass is 79.9. The lowest BCUT2D eigenvalue weighted by Crippen LogP contribution is -2.37. The first kappa shape index (κ1) is 10.5. The Morgan fingerprint density at radius 2 is 2.20 bits per heavy atom. The van der Waals surface area contributed by atoms with E-state index < -0.39 is 0 Å². The molecule has 0 bridgehead atoms. The van der Waals surface area contributed by atoms with Crippen molar-refractivity contribution >= 4 is 21.9 Å². The molecule has 4 heteroatoms. The maximum absolute atomic E-state index is 4.33. The summed E-state index contributed by atoms with van der Waals surface area (Å²) in [4.78, 5) is 4.33. The Labute approximate surface area is 98.1 Å². The van der Waals surface area contributed by atoms with Gasteiger partial charge in [0.2, 0.25) is 0 Å². The number of hydrogen-bond donors (Lipinski definition) is 2. The van der Waals surface area contributed by atoms with Crippen LogP contribution in [0, 0.1) is 0 Å². The van der Waals surface area contributed by atoms with Gasteiger partial charge in [0.15, 0.2) is 5.96 Å². The van der Waals surface area contributed by atoms with Crippen LogP contribution in [-0.2, 0) is 6.54 Å². The van der Waals surface area contributed by atoms with Crippen LogP contribution in [0.25, 0.3) is 0 Å². The van der Waals surface area contributed by atoms with Crippen LogP contribution in [0.2, 0.25) is 0 Å². The zero-order valence-corrected chi connectivity index (χ0v) is 10.2. The summed E-state index contributed by atoms with van der Waals surface area (Å²) in [7, 11) is 0. The zero-order chi connectivity index (χ0) is 10.7. The number of aliphatic imine (C=N–C) groups is 1. The van der Waals surface area contributed by atoms with E-state index in [-0.39, 0.29) is 0 Å². The Morgan fingerprint density at radius 3 is 2.80 bits per heavy atom. The first-order valence-electron chi connectivity index (χ1n) is 5.03. The molecule has 80 valence electrons. The van der Waals surface area contributed by atoms with Crippen LogP contribution >= 0.6 is 15.9 Å². The molecule has 1 aliphatic heterocycles. The van der Waals surface area contributed by atoms with Gasteiger partial charge in [-0.2, -0.15) is 0 Å². The third-order valence-electron chi connectivity index (χ3n) is 2.28. The summed E-state index contributed by atoms with van der Waals surface area (Å²) >= 11 is 3.41. The van der Waals surface area contributed by atoms with Gasteiger partial charge in [-0.05, 0) is 24.6 Å². The molecule has 2 N–H and O–H groups in total. The van der Waals surface area contributed by atoms with Crippen molar-refractivity contribution in [3.05, 3.63) is 34.3 Å². The van der Waals surface area contributed by atoms with E-state index in [9.17, 15) is 0 Å². The van der Waals surface area contributed by atoms with Gasteiger partial charge in [-0.25, -0.2) is 0 Å². The summed E-state index contributed by atoms with van der Waals surface area (Å²) in [5.74, 6) is 0.908. The van der Waals surface area contributed by atoms with Crippen LogP contribution < -0.4 is 10.6 Å². The molecule has 1 heterocycles. The summed E-state index contributed by atoms with van der Waals surface area (Å²) in [6.45, 7) is 3.80. The second kappa shape index (κ2) is 4.66. The number of rotatable bonds is 2. The van der Waals surface area contributed by atoms with Gasteiger partial charge >= 0.3 is 0 Å². The average molecular weight is 268 g/mol. The summed E-state index contributed by atoms with van der Waals surface area (Å²) in [6, 6.07) is 8.73. The maximum Gasteiger partial charge on any atom is 0.191 e. The molecule has 0 aliphatic carbocycles. The SMILES string of the molecule is CC1CN=C(NCc2ccc(Br)cc2)N1. The van der Waals surface area contributed by atoms with Gasteiger partial charge in [0.1, 0.15) is 0 Å². The molecule has 0 fully saturated rings. The maximum atomic E-state index is 4.33. The number of nitrogens with one attached hydrogen (secondary N) is 2. The van der Waals surface area contributed by atoms with E-state index in [1.807, 2.05) is 12.1 Å². The van der Waals surface area contributed by atoms with Crippen LogP contribution in [0.15, 0.2) is 33.7 Å². The molecule has 1 atom stereocenters. The topological polar surface area (TPSA) is 36.4 Å². The number of benzene rings is 1. The number of guanidine groups is 1. The fraction of sp³-hybridized carbons (Fsp3) is 0.364. The second-order valence-corrected chi connectivity index (χ2v) is 4.63. The Hall–Kier alpha value is -1.03. The second-order valence-electron chi connectivity index (χ2n) is 3.71. The standard InChI is InChI=1S/C11H14BrN3/c1-8-6-13-11(15-8)14-7-9-2-4-10(12)5-3-9/h2-5,8H,6-7H2,1H3,(H2,13,14,15). The monoisotopic (exact) mass is 267 g/mol. The van der Waals surface area contributed by atoms with Crippen molar-refractivity contribution in [3.8, 4) is 0 Å². The highest BCUT2D eigenvalue weighted by molar-refractivity contribution is 9.10. The molecule has 1 aliphatic rings. The summed E-state index contributed by atoms with van der Waals surface area (Å²) in [5.41, 5.74) is 1.25. The molecule has 1 aromatic carbocycles. The van der Waals surface area contributed by atoms with Crippen LogP contribution in [-0.4, -0.2) is 18.5 Å². The molecule has 3 nitrogen and oxygen atoms in total. The first-order valence-corrected chi connectivity index (χ1v) is 5.82. The Balaban J connectivity index is 1.86. The molecule has 0 radical (unpaired) electrons. The molecule has 0 saturated heterocycles. The molecule has 0 amide bonds. The highest BCUT2D eigenvalue weighted by Crippen LogP contribution is 2.10. The molecule has 15 heavy (non-hydrogen) atoms.